The fraction of sp³-hybridized carbons (Fsp3) is 0.923. The Morgan fingerprint density at radius 1 is 1.44 bits per heavy atom. The zero-order valence-electron chi connectivity index (χ0n) is 11.1. The van der Waals surface area contributed by atoms with Gasteiger partial charge in [0, 0.05) is 6.04 Å². The fourth-order valence-corrected chi connectivity index (χ4v) is 2.34. The molecule has 0 aromatic rings. The monoisotopic (exact) mass is 258 g/mol. The number of unbranched alkanes of at least 4 members (excludes halogenated alkanes) is 1. The molecule has 5 N–H and O–H groups in total. The molecule has 1 aliphatic rings. The van der Waals surface area contributed by atoms with Gasteiger partial charge in [-0.1, -0.05) is 32.6 Å². The van der Waals surface area contributed by atoms with Crippen molar-refractivity contribution in [2.24, 2.45) is 5.73 Å². The number of hydrogen-bond acceptors (Lipinski definition) is 4. The van der Waals surface area contributed by atoms with Gasteiger partial charge in [-0.15, -0.1) is 0 Å². The number of amides is 1. The van der Waals surface area contributed by atoms with E-state index in [0.29, 0.717) is 12.8 Å². The maximum absolute atomic E-state index is 11.8. The molecule has 1 aliphatic carbocycles. The lowest BCUT2D eigenvalue weighted by Gasteiger charge is -2.30. The second-order valence-electron chi connectivity index (χ2n) is 5.22. The summed E-state index contributed by atoms with van der Waals surface area (Å²) in [6.45, 7) is 2.04. The predicted molar refractivity (Wildman–Crippen MR) is 69.9 cm³/mol. The van der Waals surface area contributed by atoms with E-state index in [2.05, 4.69) is 5.32 Å². The molecule has 2 unspecified atom stereocenters. The summed E-state index contributed by atoms with van der Waals surface area (Å²) < 4.78 is 0. The van der Waals surface area contributed by atoms with Crippen molar-refractivity contribution >= 4 is 5.91 Å². The van der Waals surface area contributed by atoms with Crippen molar-refractivity contribution in [3.63, 3.8) is 0 Å². The molecule has 1 fully saturated rings. The minimum absolute atomic E-state index is 0.237. The molecule has 18 heavy (non-hydrogen) atoms. The normalized spacial score (nSPS) is 27.6. The molecule has 0 aliphatic heterocycles. The number of carbonyl (C=O) groups excluding carboxylic acids is 1. The summed E-state index contributed by atoms with van der Waals surface area (Å²) >= 11 is 0. The molecule has 5 nitrogen and oxygen atoms in total. The number of aliphatic hydroxyl groups excluding tert-OH is 2. The van der Waals surface area contributed by atoms with Crippen LogP contribution in [-0.2, 0) is 4.79 Å². The quantitative estimate of drug-likeness (QED) is 0.550. The van der Waals surface area contributed by atoms with Crippen molar-refractivity contribution in [1.29, 1.82) is 0 Å². The van der Waals surface area contributed by atoms with E-state index in [0.717, 1.165) is 32.1 Å². The maximum Gasteiger partial charge on any atom is 0.250 e. The Labute approximate surface area is 109 Å². The van der Waals surface area contributed by atoms with Gasteiger partial charge in [0.05, 0.1) is 12.1 Å². The van der Waals surface area contributed by atoms with Gasteiger partial charge in [-0.3, -0.25) is 4.79 Å². The molecule has 0 radical (unpaired) electrons. The molecule has 0 aromatic carbocycles. The smallest absolute Gasteiger partial charge is 0.250 e. The van der Waals surface area contributed by atoms with Crippen LogP contribution in [0.1, 0.15) is 51.9 Å². The predicted octanol–water partition coefficient (Wildman–Crippen LogP) is 0.285. The highest BCUT2D eigenvalue weighted by Gasteiger charge is 2.29. The Morgan fingerprint density at radius 3 is 2.72 bits per heavy atom. The van der Waals surface area contributed by atoms with E-state index < -0.39 is 24.2 Å². The first kappa shape index (κ1) is 15.4. The highest BCUT2D eigenvalue weighted by molar-refractivity contribution is 5.81. The summed E-state index contributed by atoms with van der Waals surface area (Å²) in [6.07, 6.45) is 4.32. The zero-order chi connectivity index (χ0) is 13.5. The molecule has 4 atom stereocenters. The Balaban J connectivity index is 2.38. The van der Waals surface area contributed by atoms with E-state index >= 15 is 0 Å². The SMILES string of the molecule is CCCCC(N)C(O)C(=O)N[C@H]1CCCC[C@@H]1O. The second-order valence-corrected chi connectivity index (χ2v) is 5.22. The Morgan fingerprint density at radius 2 is 2.11 bits per heavy atom. The van der Waals surface area contributed by atoms with Gasteiger partial charge in [0.25, 0.3) is 5.91 Å². The van der Waals surface area contributed by atoms with Gasteiger partial charge in [-0.25, -0.2) is 0 Å². The van der Waals surface area contributed by atoms with Crippen LogP contribution >= 0.6 is 0 Å². The van der Waals surface area contributed by atoms with Crippen molar-refractivity contribution < 1.29 is 15.0 Å². The molecular formula is C13H26N2O3. The summed E-state index contributed by atoms with van der Waals surface area (Å²) in [7, 11) is 0. The van der Waals surface area contributed by atoms with Crippen LogP contribution in [0, 0.1) is 0 Å². The summed E-state index contributed by atoms with van der Waals surface area (Å²) in [5.41, 5.74) is 5.77. The van der Waals surface area contributed by atoms with Crippen LogP contribution in [0.25, 0.3) is 0 Å². The number of nitrogens with one attached hydrogen (secondary N) is 1. The number of carbonyl (C=O) groups is 1. The van der Waals surface area contributed by atoms with E-state index in [-0.39, 0.29) is 6.04 Å². The van der Waals surface area contributed by atoms with Crippen molar-refractivity contribution in [3.05, 3.63) is 0 Å². The van der Waals surface area contributed by atoms with Crippen molar-refractivity contribution in [2.45, 2.75) is 76.2 Å². The van der Waals surface area contributed by atoms with Gasteiger partial charge in [-0.05, 0) is 19.3 Å². The standard InChI is InChI=1S/C13H26N2O3/c1-2-3-6-9(14)12(17)13(18)15-10-7-4-5-8-11(10)16/h9-12,16-17H,2-8,14H2,1H3,(H,15,18)/t9?,10-,11-,12?/m0/s1. The Kier molecular flexibility index (Phi) is 6.60. The molecule has 0 aromatic heterocycles. The van der Waals surface area contributed by atoms with Gasteiger partial charge in [0.1, 0.15) is 6.10 Å². The lowest BCUT2D eigenvalue weighted by molar-refractivity contribution is -0.132. The van der Waals surface area contributed by atoms with Crippen molar-refractivity contribution in [1.82, 2.24) is 5.32 Å². The highest BCUT2D eigenvalue weighted by Crippen LogP contribution is 2.18. The Hall–Kier alpha value is -0.650. The second kappa shape index (κ2) is 7.71. The first-order valence-corrected chi connectivity index (χ1v) is 6.98. The molecule has 1 saturated carbocycles. The molecule has 0 spiro atoms. The molecule has 5 heteroatoms. The van der Waals surface area contributed by atoms with Gasteiger partial charge in [0.15, 0.2) is 0 Å². The van der Waals surface area contributed by atoms with Crippen LogP contribution < -0.4 is 11.1 Å². The van der Waals surface area contributed by atoms with Crippen LogP contribution in [0.3, 0.4) is 0 Å². The highest BCUT2D eigenvalue weighted by atomic mass is 16.3. The largest absolute Gasteiger partial charge is 0.391 e. The average Bonchev–Trinajstić information content (AvgIpc) is 2.37. The molecule has 0 bridgehead atoms. The molecule has 0 saturated heterocycles. The first-order chi connectivity index (χ1) is 8.56. The number of rotatable bonds is 6. The van der Waals surface area contributed by atoms with Gasteiger partial charge >= 0.3 is 0 Å². The summed E-state index contributed by atoms with van der Waals surface area (Å²) in [5.74, 6) is -0.454. The lowest BCUT2D eigenvalue weighted by Crippen LogP contribution is -2.52. The van der Waals surface area contributed by atoms with Crippen molar-refractivity contribution in [2.75, 3.05) is 0 Å². The van der Waals surface area contributed by atoms with E-state index in [1.54, 1.807) is 0 Å². The minimum Gasteiger partial charge on any atom is -0.391 e. The van der Waals surface area contributed by atoms with Gasteiger partial charge in [-0.2, -0.15) is 0 Å². The zero-order valence-corrected chi connectivity index (χ0v) is 11.1. The molecule has 1 rings (SSSR count). The number of hydrogen-bond donors (Lipinski definition) is 4. The summed E-state index contributed by atoms with van der Waals surface area (Å²) in [5, 5.41) is 22.3. The molecule has 106 valence electrons. The molecule has 0 heterocycles. The average molecular weight is 258 g/mol. The third kappa shape index (κ3) is 4.55. The number of nitrogens with two attached hydrogens (primary N) is 1. The fourth-order valence-electron chi connectivity index (χ4n) is 2.34. The Bertz CT molecular complexity index is 261. The topological polar surface area (TPSA) is 95.6 Å². The number of aliphatic hydroxyl groups is 2. The first-order valence-electron chi connectivity index (χ1n) is 6.98. The maximum atomic E-state index is 11.8. The van der Waals surface area contributed by atoms with E-state index in [1.807, 2.05) is 6.92 Å². The summed E-state index contributed by atoms with van der Waals surface area (Å²) in [4.78, 5) is 11.8. The van der Waals surface area contributed by atoms with Crippen LogP contribution in [0.5, 0.6) is 0 Å². The van der Waals surface area contributed by atoms with Crippen molar-refractivity contribution in [3.8, 4) is 0 Å². The van der Waals surface area contributed by atoms with Gasteiger partial charge < -0.3 is 21.3 Å². The van der Waals surface area contributed by atoms with E-state index in [9.17, 15) is 15.0 Å². The minimum atomic E-state index is -1.18. The van der Waals surface area contributed by atoms with E-state index in [1.165, 1.54) is 0 Å². The third-order valence-electron chi connectivity index (χ3n) is 3.62. The molecule has 1 amide bonds. The van der Waals surface area contributed by atoms with Crippen LogP contribution in [-0.4, -0.2) is 40.4 Å². The van der Waals surface area contributed by atoms with Crippen LogP contribution in [0.15, 0.2) is 0 Å². The third-order valence-corrected chi connectivity index (χ3v) is 3.62. The van der Waals surface area contributed by atoms with Gasteiger partial charge in [0.2, 0.25) is 0 Å². The summed E-state index contributed by atoms with van der Waals surface area (Å²) in [6, 6.07) is -0.759. The molecular weight excluding hydrogens is 232 g/mol. The van der Waals surface area contributed by atoms with Crippen LogP contribution in [0.4, 0.5) is 0 Å². The van der Waals surface area contributed by atoms with Crippen LogP contribution in [0.2, 0.25) is 0 Å². The van der Waals surface area contributed by atoms with E-state index in [4.69, 9.17) is 5.73 Å². The lowest BCUT2D eigenvalue weighted by atomic mass is 9.92.